The third-order valence-corrected chi connectivity index (χ3v) is 3.77. The Hall–Kier alpha value is -0.650. The molecule has 0 radical (unpaired) electrons. The van der Waals surface area contributed by atoms with Crippen molar-refractivity contribution in [1.29, 1.82) is 0 Å². The third-order valence-electron chi connectivity index (χ3n) is 3.77. The SMILES string of the molecule is NC1CC(CCN2CCOCC2)(C(=O)O)C1. The molecule has 2 rings (SSSR count). The van der Waals surface area contributed by atoms with Gasteiger partial charge in [0, 0.05) is 19.1 Å². The first kappa shape index (κ1) is 11.8. The van der Waals surface area contributed by atoms with Gasteiger partial charge in [-0.1, -0.05) is 0 Å². The second-order valence-electron chi connectivity index (χ2n) is 4.96. The number of nitrogens with zero attached hydrogens (tertiary/aromatic N) is 1. The van der Waals surface area contributed by atoms with Crippen molar-refractivity contribution in [1.82, 2.24) is 4.90 Å². The van der Waals surface area contributed by atoms with E-state index in [-0.39, 0.29) is 6.04 Å². The summed E-state index contributed by atoms with van der Waals surface area (Å²) in [6, 6.07) is 0.0841. The van der Waals surface area contributed by atoms with Crippen LogP contribution in [0.15, 0.2) is 0 Å². The highest BCUT2D eigenvalue weighted by atomic mass is 16.5. The van der Waals surface area contributed by atoms with Gasteiger partial charge in [-0.05, 0) is 25.8 Å². The van der Waals surface area contributed by atoms with Gasteiger partial charge >= 0.3 is 5.97 Å². The highest BCUT2D eigenvalue weighted by Gasteiger charge is 2.48. The number of hydrogen-bond acceptors (Lipinski definition) is 4. The Kier molecular flexibility index (Phi) is 3.47. The average Bonchev–Trinajstić information content (AvgIpc) is 2.23. The van der Waals surface area contributed by atoms with E-state index in [2.05, 4.69) is 4.90 Å². The number of carboxylic acid groups (broad SMARTS) is 1. The summed E-state index contributed by atoms with van der Waals surface area (Å²) in [5.74, 6) is -0.678. The molecule has 0 aromatic heterocycles. The van der Waals surface area contributed by atoms with Gasteiger partial charge in [0.25, 0.3) is 0 Å². The van der Waals surface area contributed by atoms with E-state index >= 15 is 0 Å². The van der Waals surface area contributed by atoms with E-state index in [1.54, 1.807) is 0 Å². The normalized spacial score (nSPS) is 35.7. The van der Waals surface area contributed by atoms with Crippen molar-refractivity contribution >= 4 is 5.97 Å². The fraction of sp³-hybridized carbons (Fsp3) is 0.909. The standard InChI is InChI=1S/C11H20N2O3/c12-9-7-11(8-9,10(14)15)1-2-13-3-5-16-6-4-13/h9H,1-8,12H2,(H,14,15). The fourth-order valence-electron chi connectivity index (χ4n) is 2.63. The lowest BCUT2D eigenvalue weighted by atomic mass is 9.64. The molecule has 2 fully saturated rings. The van der Waals surface area contributed by atoms with Crippen LogP contribution in [0, 0.1) is 5.41 Å². The summed E-state index contributed by atoms with van der Waals surface area (Å²) in [5.41, 5.74) is 5.16. The first-order valence-corrected chi connectivity index (χ1v) is 5.91. The summed E-state index contributed by atoms with van der Waals surface area (Å²) in [5, 5.41) is 9.23. The maximum atomic E-state index is 11.2. The molecule has 5 nitrogen and oxygen atoms in total. The van der Waals surface area contributed by atoms with Gasteiger partial charge in [0.15, 0.2) is 0 Å². The number of ether oxygens (including phenoxy) is 1. The third kappa shape index (κ3) is 2.36. The molecule has 0 spiro atoms. The van der Waals surface area contributed by atoms with Crippen LogP contribution >= 0.6 is 0 Å². The van der Waals surface area contributed by atoms with E-state index < -0.39 is 11.4 Å². The number of aliphatic carboxylic acids is 1. The molecule has 1 aliphatic heterocycles. The van der Waals surface area contributed by atoms with E-state index in [9.17, 15) is 9.90 Å². The van der Waals surface area contributed by atoms with Crippen molar-refractivity contribution in [3.63, 3.8) is 0 Å². The maximum absolute atomic E-state index is 11.2. The number of nitrogens with two attached hydrogens (primary N) is 1. The molecule has 0 unspecified atom stereocenters. The summed E-state index contributed by atoms with van der Waals surface area (Å²) in [6.45, 7) is 4.21. The lowest BCUT2D eigenvalue weighted by Crippen LogP contribution is -2.52. The first-order valence-electron chi connectivity index (χ1n) is 5.91. The van der Waals surface area contributed by atoms with Crippen molar-refractivity contribution < 1.29 is 14.6 Å². The van der Waals surface area contributed by atoms with Crippen molar-refractivity contribution in [3.05, 3.63) is 0 Å². The predicted molar refractivity (Wildman–Crippen MR) is 59.2 cm³/mol. The van der Waals surface area contributed by atoms with Gasteiger partial charge in [0.1, 0.15) is 0 Å². The topological polar surface area (TPSA) is 75.8 Å². The first-order chi connectivity index (χ1) is 7.62. The molecular weight excluding hydrogens is 208 g/mol. The molecule has 5 heteroatoms. The smallest absolute Gasteiger partial charge is 0.309 e. The molecule has 2 aliphatic rings. The molecule has 1 saturated carbocycles. The molecule has 0 bridgehead atoms. The maximum Gasteiger partial charge on any atom is 0.309 e. The van der Waals surface area contributed by atoms with Gasteiger partial charge in [0.05, 0.1) is 18.6 Å². The van der Waals surface area contributed by atoms with Gasteiger partial charge in [-0.2, -0.15) is 0 Å². The van der Waals surface area contributed by atoms with Crippen molar-refractivity contribution in [2.45, 2.75) is 25.3 Å². The van der Waals surface area contributed by atoms with Gasteiger partial charge < -0.3 is 15.6 Å². The van der Waals surface area contributed by atoms with Crippen LogP contribution in [-0.4, -0.2) is 54.9 Å². The molecule has 0 amide bonds. The zero-order valence-electron chi connectivity index (χ0n) is 9.52. The molecule has 0 atom stereocenters. The summed E-state index contributed by atoms with van der Waals surface area (Å²) in [4.78, 5) is 13.5. The average molecular weight is 228 g/mol. The van der Waals surface area contributed by atoms with Crippen LogP contribution in [0.25, 0.3) is 0 Å². The summed E-state index contributed by atoms with van der Waals surface area (Å²) in [7, 11) is 0. The van der Waals surface area contributed by atoms with Crippen LogP contribution in [-0.2, 0) is 9.53 Å². The fourth-order valence-corrected chi connectivity index (χ4v) is 2.63. The zero-order chi connectivity index (χ0) is 11.6. The molecule has 0 aromatic rings. The van der Waals surface area contributed by atoms with Gasteiger partial charge in [0.2, 0.25) is 0 Å². The Balaban J connectivity index is 1.80. The number of morpholine rings is 1. The van der Waals surface area contributed by atoms with Gasteiger partial charge in [-0.25, -0.2) is 0 Å². The lowest BCUT2D eigenvalue weighted by Gasteiger charge is -2.43. The molecular formula is C11H20N2O3. The van der Waals surface area contributed by atoms with Gasteiger partial charge in [-0.3, -0.25) is 9.69 Å². The zero-order valence-corrected chi connectivity index (χ0v) is 9.52. The van der Waals surface area contributed by atoms with E-state index in [1.807, 2.05) is 0 Å². The van der Waals surface area contributed by atoms with Crippen molar-refractivity contribution in [2.75, 3.05) is 32.8 Å². The summed E-state index contributed by atoms with van der Waals surface area (Å²) >= 11 is 0. The Morgan fingerprint density at radius 2 is 2.06 bits per heavy atom. The highest BCUT2D eigenvalue weighted by Crippen LogP contribution is 2.43. The van der Waals surface area contributed by atoms with E-state index in [0.29, 0.717) is 12.8 Å². The highest BCUT2D eigenvalue weighted by molar-refractivity contribution is 5.76. The van der Waals surface area contributed by atoms with Crippen LogP contribution in [0.4, 0.5) is 0 Å². The summed E-state index contributed by atoms with van der Waals surface area (Å²) < 4.78 is 5.26. The Morgan fingerprint density at radius 1 is 1.44 bits per heavy atom. The number of hydrogen-bond donors (Lipinski definition) is 2. The van der Waals surface area contributed by atoms with Gasteiger partial charge in [-0.15, -0.1) is 0 Å². The van der Waals surface area contributed by atoms with E-state index in [1.165, 1.54) is 0 Å². The Morgan fingerprint density at radius 3 is 2.56 bits per heavy atom. The minimum absolute atomic E-state index is 0.0841. The Bertz CT molecular complexity index is 258. The number of carbonyl (C=O) groups is 1. The monoisotopic (exact) mass is 228 g/mol. The van der Waals surface area contributed by atoms with Crippen molar-refractivity contribution in [2.24, 2.45) is 11.1 Å². The van der Waals surface area contributed by atoms with E-state index in [0.717, 1.165) is 39.3 Å². The molecule has 16 heavy (non-hydrogen) atoms. The predicted octanol–water partition coefficient (Wildman–Crippen LogP) is -0.0992. The van der Waals surface area contributed by atoms with E-state index in [4.69, 9.17) is 10.5 Å². The molecule has 92 valence electrons. The molecule has 3 N–H and O–H groups in total. The molecule has 1 saturated heterocycles. The largest absolute Gasteiger partial charge is 0.481 e. The van der Waals surface area contributed by atoms with Crippen molar-refractivity contribution in [3.8, 4) is 0 Å². The van der Waals surface area contributed by atoms with Crippen LogP contribution in [0.1, 0.15) is 19.3 Å². The van der Waals surface area contributed by atoms with Crippen LogP contribution in [0.3, 0.4) is 0 Å². The lowest BCUT2D eigenvalue weighted by molar-refractivity contribution is -0.156. The van der Waals surface area contributed by atoms with Crippen LogP contribution < -0.4 is 5.73 Å². The minimum Gasteiger partial charge on any atom is -0.481 e. The molecule has 1 aliphatic carbocycles. The number of carboxylic acids is 1. The molecule has 1 heterocycles. The minimum atomic E-state index is -0.678. The number of rotatable bonds is 4. The second kappa shape index (κ2) is 4.69. The second-order valence-corrected chi connectivity index (χ2v) is 4.96. The van der Waals surface area contributed by atoms with Crippen LogP contribution in [0.2, 0.25) is 0 Å². The Labute approximate surface area is 95.5 Å². The summed E-state index contributed by atoms with van der Waals surface area (Å²) in [6.07, 6.45) is 1.98. The van der Waals surface area contributed by atoms with Crippen LogP contribution in [0.5, 0.6) is 0 Å². The quantitative estimate of drug-likeness (QED) is 0.703. The molecule has 0 aromatic carbocycles.